The van der Waals surface area contributed by atoms with Crippen LogP contribution in [0.15, 0.2) is 12.1 Å². The summed E-state index contributed by atoms with van der Waals surface area (Å²) in [7, 11) is 1.29. The van der Waals surface area contributed by atoms with Crippen LogP contribution in [-0.2, 0) is 0 Å². The summed E-state index contributed by atoms with van der Waals surface area (Å²) < 4.78 is 4.94. The molecule has 0 aliphatic rings. The molecule has 9 heteroatoms. The maximum Gasteiger partial charge on any atom is 0.340 e. The SMILES string of the molecule is CCN(CC)CCNc1c([N+](=O)[O-])ccc(OC)c1[N+](=O)[O-]. The first kappa shape index (κ1) is 17.6. The summed E-state index contributed by atoms with van der Waals surface area (Å²) in [5.41, 5.74) is -0.884. The van der Waals surface area contributed by atoms with Gasteiger partial charge in [0.15, 0.2) is 11.4 Å². The van der Waals surface area contributed by atoms with Gasteiger partial charge in [-0.25, -0.2) is 0 Å². The molecular formula is C13H20N4O5. The molecule has 122 valence electrons. The monoisotopic (exact) mass is 312 g/mol. The Kier molecular flexibility index (Phi) is 6.51. The number of hydrogen-bond donors (Lipinski definition) is 1. The van der Waals surface area contributed by atoms with Crippen LogP contribution < -0.4 is 10.1 Å². The highest BCUT2D eigenvalue weighted by atomic mass is 16.6. The first-order valence-corrected chi connectivity index (χ1v) is 6.92. The lowest BCUT2D eigenvalue weighted by molar-refractivity contribution is -0.392. The van der Waals surface area contributed by atoms with E-state index < -0.39 is 15.5 Å². The summed E-state index contributed by atoms with van der Waals surface area (Å²) in [5.74, 6) is -0.0130. The number of ether oxygens (including phenoxy) is 1. The third kappa shape index (κ3) is 4.04. The number of anilines is 1. The van der Waals surface area contributed by atoms with Crippen molar-refractivity contribution in [3.63, 3.8) is 0 Å². The first-order valence-electron chi connectivity index (χ1n) is 6.92. The number of hydrogen-bond acceptors (Lipinski definition) is 7. The lowest BCUT2D eigenvalue weighted by atomic mass is 10.2. The van der Waals surface area contributed by atoms with Crippen molar-refractivity contribution in [1.29, 1.82) is 0 Å². The number of nitro benzene ring substituents is 2. The van der Waals surface area contributed by atoms with E-state index in [1.807, 2.05) is 13.8 Å². The van der Waals surface area contributed by atoms with Gasteiger partial charge in [0.25, 0.3) is 5.69 Å². The third-order valence-electron chi connectivity index (χ3n) is 3.34. The molecule has 0 aliphatic carbocycles. The van der Waals surface area contributed by atoms with Crippen molar-refractivity contribution in [1.82, 2.24) is 4.90 Å². The van der Waals surface area contributed by atoms with Crippen molar-refractivity contribution in [2.45, 2.75) is 13.8 Å². The van der Waals surface area contributed by atoms with Crippen LogP contribution in [0.25, 0.3) is 0 Å². The summed E-state index contributed by atoms with van der Waals surface area (Å²) in [4.78, 5) is 23.1. The molecule has 0 amide bonds. The molecule has 0 spiro atoms. The van der Waals surface area contributed by atoms with Crippen molar-refractivity contribution in [3.8, 4) is 5.75 Å². The van der Waals surface area contributed by atoms with Crippen LogP contribution in [-0.4, -0.2) is 48.0 Å². The quantitative estimate of drug-likeness (QED) is 0.550. The van der Waals surface area contributed by atoms with E-state index in [4.69, 9.17) is 4.74 Å². The molecular weight excluding hydrogens is 292 g/mol. The number of nitrogens with zero attached hydrogens (tertiary/aromatic N) is 3. The molecule has 0 atom stereocenters. The molecule has 1 aromatic carbocycles. The minimum Gasteiger partial charge on any atom is -0.490 e. The molecule has 0 heterocycles. The maximum atomic E-state index is 11.2. The molecule has 0 fully saturated rings. The maximum absolute atomic E-state index is 11.2. The van der Waals surface area contributed by atoms with Gasteiger partial charge in [0, 0.05) is 19.2 Å². The molecule has 1 aromatic rings. The summed E-state index contributed by atoms with van der Waals surface area (Å²) in [6.07, 6.45) is 0. The fourth-order valence-corrected chi connectivity index (χ4v) is 2.11. The lowest BCUT2D eigenvalue weighted by Gasteiger charge is -2.18. The van der Waals surface area contributed by atoms with Crippen LogP contribution in [0.5, 0.6) is 5.75 Å². The minimum atomic E-state index is -0.675. The van der Waals surface area contributed by atoms with Gasteiger partial charge in [-0.1, -0.05) is 13.8 Å². The fourth-order valence-electron chi connectivity index (χ4n) is 2.11. The Morgan fingerprint density at radius 3 is 2.27 bits per heavy atom. The third-order valence-corrected chi connectivity index (χ3v) is 3.34. The van der Waals surface area contributed by atoms with Gasteiger partial charge in [0.2, 0.25) is 0 Å². The Hall–Kier alpha value is -2.42. The summed E-state index contributed by atoms with van der Waals surface area (Å²) in [5, 5.41) is 25.1. The van der Waals surface area contributed by atoms with E-state index in [2.05, 4.69) is 10.2 Å². The number of benzene rings is 1. The van der Waals surface area contributed by atoms with Gasteiger partial charge in [0.1, 0.15) is 0 Å². The second kappa shape index (κ2) is 8.13. The van der Waals surface area contributed by atoms with E-state index in [0.29, 0.717) is 13.1 Å². The first-order chi connectivity index (χ1) is 10.5. The standard InChI is InChI=1S/C13H20N4O5/c1-4-15(5-2)9-8-14-12-10(16(18)19)6-7-11(22-3)13(12)17(20)21/h6-7,14H,4-5,8-9H2,1-3H3. The predicted molar refractivity (Wildman–Crippen MR) is 82.6 cm³/mol. The van der Waals surface area contributed by atoms with Crippen LogP contribution in [0.3, 0.4) is 0 Å². The van der Waals surface area contributed by atoms with Gasteiger partial charge in [-0.15, -0.1) is 0 Å². The Bertz CT molecular complexity index is 545. The van der Waals surface area contributed by atoms with Crippen molar-refractivity contribution >= 4 is 17.1 Å². The second-order valence-corrected chi connectivity index (χ2v) is 4.48. The largest absolute Gasteiger partial charge is 0.490 e. The molecule has 9 nitrogen and oxygen atoms in total. The number of likely N-dealkylation sites (N-methyl/N-ethyl adjacent to an activating group) is 1. The summed E-state index contributed by atoms with van der Waals surface area (Å²) in [6.45, 7) is 6.65. The van der Waals surface area contributed by atoms with Gasteiger partial charge >= 0.3 is 5.69 Å². The van der Waals surface area contributed by atoms with E-state index in [0.717, 1.165) is 13.1 Å². The smallest absolute Gasteiger partial charge is 0.340 e. The molecule has 0 unspecified atom stereocenters. The van der Waals surface area contributed by atoms with Crippen LogP contribution in [0.4, 0.5) is 17.1 Å². The Morgan fingerprint density at radius 2 is 1.82 bits per heavy atom. The molecule has 0 aliphatic heterocycles. The van der Waals surface area contributed by atoms with Gasteiger partial charge in [-0.2, -0.15) is 0 Å². The molecule has 1 N–H and O–H groups in total. The van der Waals surface area contributed by atoms with E-state index in [9.17, 15) is 20.2 Å². The van der Waals surface area contributed by atoms with Crippen molar-refractivity contribution in [2.24, 2.45) is 0 Å². The molecule has 0 saturated heterocycles. The molecule has 0 bridgehead atoms. The Morgan fingerprint density at radius 1 is 1.18 bits per heavy atom. The van der Waals surface area contributed by atoms with E-state index in [-0.39, 0.29) is 17.1 Å². The highest BCUT2D eigenvalue weighted by Crippen LogP contribution is 2.41. The average molecular weight is 312 g/mol. The average Bonchev–Trinajstić information content (AvgIpc) is 2.50. The van der Waals surface area contributed by atoms with Crippen molar-refractivity contribution < 1.29 is 14.6 Å². The molecule has 0 saturated carbocycles. The number of nitrogens with one attached hydrogen (secondary N) is 1. The summed E-state index contributed by atoms with van der Waals surface area (Å²) in [6, 6.07) is 2.43. The number of nitro groups is 2. The van der Waals surface area contributed by atoms with Crippen LogP contribution in [0, 0.1) is 20.2 Å². The van der Waals surface area contributed by atoms with E-state index in [1.54, 1.807) is 0 Å². The van der Waals surface area contributed by atoms with Gasteiger partial charge in [-0.3, -0.25) is 20.2 Å². The molecule has 1 rings (SSSR count). The van der Waals surface area contributed by atoms with E-state index in [1.165, 1.54) is 19.2 Å². The zero-order chi connectivity index (χ0) is 16.7. The van der Waals surface area contributed by atoms with Crippen LogP contribution in [0.1, 0.15) is 13.8 Å². The predicted octanol–water partition coefficient (Wildman–Crippen LogP) is 2.27. The summed E-state index contributed by atoms with van der Waals surface area (Å²) >= 11 is 0. The van der Waals surface area contributed by atoms with Crippen molar-refractivity contribution in [2.75, 3.05) is 38.6 Å². The molecule has 22 heavy (non-hydrogen) atoms. The second-order valence-electron chi connectivity index (χ2n) is 4.48. The number of rotatable bonds is 9. The van der Waals surface area contributed by atoms with Gasteiger partial charge in [0.05, 0.1) is 17.0 Å². The zero-order valence-electron chi connectivity index (χ0n) is 12.9. The van der Waals surface area contributed by atoms with Crippen molar-refractivity contribution in [3.05, 3.63) is 32.4 Å². The zero-order valence-corrected chi connectivity index (χ0v) is 12.9. The van der Waals surface area contributed by atoms with Gasteiger partial charge in [-0.05, 0) is 19.2 Å². The normalized spacial score (nSPS) is 10.5. The van der Waals surface area contributed by atoms with E-state index >= 15 is 0 Å². The van der Waals surface area contributed by atoms with Crippen LogP contribution >= 0.6 is 0 Å². The fraction of sp³-hybridized carbons (Fsp3) is 0.538. The highest BCUT2D eigenvalue weighted by molar-refractivity contribution is 5.78. The minimum absolute atomic E-state index is 0.0130. The van der Waals surface area contributed by atoms with Crippen LogP contribution in [0.2, 0.25) is 0 Å². The molecule has 0 radical (unpaired) electrons. The highest BCUT2D eigenvalue weighted by Gasteiger charge is 2.29. The molecule has 0 aromatic heterocycles. The Balaban J connectivity index is 3.12. The topological polar surface area (TPSA) is 111 Å². The lowest BCUT2D eigenvalue weighted by Crippen LogP contribution is -2.28. The van der Waals surface area contributed by atoms with Gasteiger partial charge < -0.3 is 15.0 Å². The number of methoxy groups -OCH3 is 1. The Labute approximate surface area is 128 Å².